The van der Waals surface area contributed by atoms with Gasteiger partial charge in [0.05, 0.1) is 6.61 Å². The molecule has 1 unspecified atom stereocenters. The van der Waals surface area contributed by atoms with Crippen LogP contribution in [-0.4, -0.2) is 19.2 Å². The van der Waals surface area contributed by atoms with Gasteiger partial charge in [-0.2, -0.15) is 0 Å². The van der Waals surface area contributed by atoms with Gasteiger partial charge in [0.15, 0.2) is 6.35 Å². The molecular formula is C18H21O4P. The molecule has 5 heteroatoms. The van der Waals surface area contributed by atoms with Crippen molar-refractivity contribution in [2.45, 2.75) is 19.8 Å². The van der Waals surface area contributed by atoms with Crippen LogP contribution in [0.3, 0.4) is 0 Å². The summed E-state index contributed by atoms with van der Waals surface area (Å²) in [6, 6.07) is 15.9. The molecule has 4 nitrogen and oxygen atoms in total. The van der Waals surface area contributed by atoms with E-state index in [9.17, 15) is 9.36 Å². The molecule has 0 aliphatic rings. The van der Waals surface area contributed by atoms with Gasteiger partial charge in [0.25, 0.3) is 7.37 Å². The molecule has 0 N–H and O–H groups in total. The molecule has 0 fully saturated rings. The average Bonchev–Trinajstić information content (AvgIpc) is 2.61. The minimum absolute atomic E-state index is 0.0266. The van der Waals surface area contributed by atoms with Crippen LogP contribution in [-0.2, 0) is 9.09 Å². The second-order valence-corrected chi connectivity index (χ2v) is 7.54. The highest BCUT2D eigenvalue weighted by molar-refractivity contribution is 7.66. The maximum Gasteiger partial charge on any atom is 0.268 e. The van der Waals surface area contributed by atoms with Crippen molar-refractivity contribution in [1.29, 1.82) is 0 Å². The van der Waals surface area contributed by atoms with E-state index in [-0.39, 0.29) is 6.35 Å². The van der Waals surface area contributed by atoms with Crippen molar-refractivity contribution < 1.29 is 18.6 Å². The minimum Gasteiger partial charge on any atom is -0.483 e. The molecule has 0 radical (unpaired) electrons. The molecule has 2 aromatic rings. The Hall–Kier alpha value is -1.90. The van der Waals surface area contributed by atoms with Gasteiger partial charge in [0.1, 0.15) is 12.0 Å². The highest BCUT2D eigenvalue weighted by Gasteiger charge is 2.27. The largest absolute Gasteiger partial charge is 0.483 e. The lowest BCUT2D eigenvalue weighted by Crippen LogP contribution is -2.14. The second kappa shape index (κ2) is 8.66. The summed E-state index contributed by atoms with van der Waals surface area (Å²) in [5, 5.41) is 0.565. The fourth-order valence-electron chi connectivity index (χ4n) is 2.00. The smallest absolute Gasteiger partial charge is 0.268 e. The van der Waals surface area contributed by atoms with E-state index in [2.05, 4.69) is 0 Å². The molecule has 0 aliphatic carbocycles. The number of hydrogen-bond donors (Lipinski definition) is 0. The molecule has 2 aromatic carbocycles. The van der Waals surface area contributed by atoms with Crippen LogP contribution in [0.15, 0.2) is 54.6 Å². The van der Waals surface area contributed by atoms with E-state index in [1.807, 2.05) is 37.3 Å². The zero-order valence-electron chi connectivity index (χ0n) is 13.2. The predicted octanol–water partition coefficient (Wildman–Crippen LogP) is 4.26. The SMILES string of the molecule is CCCCOP(=O)(COc1ccccc1)c1ccc(C=O)cc1. The molecule has 0 heterocycles. The third-order valence-corrected chi connectivity index (χ3v) is 5.52. The van der Waals surface area contributed by atoms with E-state index in [1.165, 1.54) is 0 Å². The number of carbonyl (C=O) groups is 1. The highest BCUT2D eigenvalue weighted by atomic mass is 31.2. The average molecular weight is 332 g/mol. The fraction of sp³-hybridized carbons (Fsp3) is 0.278. The van der Waals surface area contributed by atoms with Crippen molar-refractivity contribution in [2.24, 2.45) is 0 Å². The number of ether oxygens (including phenoxy) is 1. The van der Waals surface area contributed by atoms with E-state index in [0.29, 0.717) is 23.2 Å². The van der Waals surface area contributed by atoms with Crippen molar-refractivity contribution >= 4 is 19.0 Å². The van der Waals surface area contributed by atoms with Crippen molar-refractivity contribution in [1.82, 2.24) is 0 Å². The van der Waals surface area contributed by atoms with Gasteiger partial charge >= 0.3 is 0 Å². The van der Waals surface area contributed by atoms with Crippen molar-refractivity contribution in [3.8, 4) is 5.75 Å². The first-order valence-corrected chi connectivity index (χ1v) is 9.46. The lowest BCUT2D eigenvalue weighted by molar-refractivity contribution is 0.112. The van der Waals surface area contributed by atoms with Crippen molar-refractivity contribution in [3.05, 3.63) is 60.2 Å². The van der Waals surface area contributed by atoms with Crippen LogP contribution in [0.5, 0.6) is 5.75 Å². The van der Waals surface area contributed by atoms with Crippen LogP contribution in [0, 0.1) is 0 Å². The predicted molar refractivity (Wildman–Crippen MR) is 91.9 cm³/mol. The summed E-state index contributed by atoms with van der Waals surface area (Å²) in [4.78, 5) is 10.8. The highest BCUT2D eigenvalue weighted by Crippen LogP contribution is 2.46. The van der Waals surface area contributed by atoms with E-state index >= 15 is 0 Å². The third kappa shape index (κ3) is 5.05. The summed E-state index contributed by atoms with van der Waals surface area (Å²) >= 11 is 0. The zero-order chi connectivity index (χ0) is 16.5. The molecule has 2 rings (SSSR count). The Labute approximate surface area is 136 Å². The van der Waals surface area contributed by atoms with Gasteiger partial charge in [-0.3, -0.25) is 9.36 Å². The Morgan fingerprint density at radius 3 is 2.35 bits per heavy atom. The van der Waals surface area contributed by atoms with Crippen LogP contribution >= 0.6 is 7.37 Å². The van der Waals surface area contributed by atoms with E-state index in [0.717, 1.165) is 19.1 Å². The molecule has 122 valence electrons. The monoisotopic (exact) mass is 332 g/mol. The molecule has 0 aromatic heterocycles. The lowest BCUT2D eigenvalue weighted by Gasteiger charge is -2.19. The number of benzene rings is 2. The Morgan fingerprint density at radius 2 is 1.74 bits per heavy atom. The summed E-state index contributed by atoms with van der Waals surface area (Å²) in [6.45, 7) is 2.47. The van der Waals surface area contributed by atoms with Gasteiger partial charge in [-0.1, -0.05) is 43.7 Å². The third-order valence-electron chi connectivity index (χ3n) is 3.36. The van der Waals surface area contributed by atoms with E-state index in [1.54, 1.807) is 24.3 Å². The zero-order valence-corrected chi connectivity index (χ0v) is 14.1. The quantitative estimate of drug-likeness (QED) is 0.391. The first-order chi connectivity index (χ1) is 11.2. The molecule has 1 atom stereocenters. The molecule has 0 amide bonds. The van der Waals surface area contributed by atoms with Crippen LogP contribution in [0.25, 0.3) is 0 Å². The summed E-state index contributed by atoms with van der Waals surface area (Å²) in [6.07, 6.45) is 2.53. The fourth-order valence-corrected chi connectivity index (χ4v) is 3.72. The number of aldehydes is 1. The first kappa shape index (κ1) is 17.5. The van der Waals surface area contributed by atoms with Crippen LogP contribution in [0.2, 0.25) is 0 Å². The Bertz CT molecular complexity index is 652. The van der Waals surface area contributed by atoms with Gasteiger partial charge < -0.3 is 9.26 Å². The maximum absolute atomic E-state index is 13.2. The molecule has 0 saturated heterocycles. The molecule has 0 aliphatic heterocycles. The van der Waals surface area contributed by atoms with Gasteiger partial charge in [-0.25, -0.2) is 0 Å². The second-order valence-electron chi connectivity index (χ2n) is 5.16. The Kier molecular flexibility index (Phi) is 6.57. The van der Waals surface area contributed by atoms with Crippen LogP contribution < -0.4 is 10.0 Å². The van der Waals surface area contributed by atoms with Crippen LogP contribution in [0.4, 0.5) is 0 Å². The molecule has 0 saturated carbocycles. The van der Waals surface area contributed by atoms with Gasteiger partial charge in [-0.15, -0.1) is 0 Å². The van der Waals surface area contributed by atoms with Gasteiger partial charge in [0, 0.05) is 10.9 Å². The van der Waals surface area contributed by atoms with Crippen molar-refractivity contribution in [2.75, 3.05) is 13.0 Å². The van der Waals surface area contributed by atoms with Gasteiger partial charge in [-0.05, 0) is 30.7 Å². The number of hydrogen-bond acceptors (Lipinski definition) is 4. The number of rotatable bonds is 9. The Balaban J connectivity index is 2.16. The normalized spacial score (nSPS) is 13.3. The van der Waals surface area contributed by atoms with E-state index < -0.39 is 7.37 Å². The summed E-state index contributed by atoms with van der Waals surface area (Å²) in [7, 11) is -3.14. The van der Waals surface area contributed by atoms with Crippen LogP contribution in [0.1, 0.15) is 30.1 Å². The first-order valence-electron chi connectivity index (χ1n) is 7.65. The number of unbranched alkanes of at least 4 members (excludes halogenated alkanes) is 1. The number of para-hydroxylation sites is 1. The Morgan fingerprint density at radius 1 is 1.04 bits per heavy atom. The molecule has 0 spiro atoms. The minimum atomic E-state index is -3.14. The molecule has 23 heavy (non-hydrogen) atoms. The summed E-state index contributed by atoms with van der Waals surface area (Å²) in [5.74, 6) is 0.649. The molecule has 0 bridgehead atoms. The summed E-state index contributed by atoms with van der Waals surface area (Å²) < 4.78 is 24.6. The maximum atomic E-state index is 13.2. The number of carbonyl (C=O) groups excluding carboxylic acids is 1. The van der Waals surface area contributed by atoms with Gasteiger partial charge in [0.2, 0.25) is 0 Å². The molecular weight excluding hydrogens is 311 g/mol. The standard InChI is InChI=1S/C18H21O4P/c1-2-3-13-22-23(20,15-21-17-7-5-4-6-8-17)18-11-9-16(14-19)10-12-18/h4-12,14H,2-3,13,15H2,1H3. The lowest BCUT2D eigenvalue weighted by atomic mass is 10.2. The van der Waals surface area contributed by atoms with E-state index in [4.69, 9.17) is 9.26 Å². The topological polar surface area (TPSA) is 52.6 Å². The van der Waals surface area contributed by atoms with Crippen molar-refractivity contribution in [3.63, 3.8) is 0 Å². The summed E-state index contributed by atoms with van der Waals surface area (Å²) in [5.41, 5.74) is 0.540.